The predicted octanol–water partition coefficient (Wildman–Crippen LogP) is 3.57. The Hall–Kier alpha value is -2.75. The number of carbonyl (C=O) groups excluding carboxylic acids is 1. The average molecular weight is 310 g/mol. The molecule has 0 radical (unpaired) electrons. The van der Waals surface area contributed by atoms with Crippen LogP contribution in [-0.4, -0.2) is 19.6 Å². The Morgan fingerprint density at radius 2 is 1.78 bits per heavy atom. The van der Waals surface area contributed by atoms with E-state index in [0.29, 0.717) is 6.54 Å². The van der Waals surface area contributed by atoms with Gasteiger partial charge in [-0.25, -0.2) is 0 Å². The summed E-state index contributed by atoms with van der Waals surface area (Å²) in [5.41, 5.74) is 5.97. The monoisotopic (exact) mass is 310 g/mol. The highest BCUT2D eigenvalue weighted by atomic mass is 16.5. The summed E-state index contributed by atoms with van der Waals surface area (Å²) in [6, 6.07) is 15.6. The smallest absolute Gasteiger partial charge is 0.262 e. The average Bonchev–Trinajstić information content (AvgIpc) is 2.59. The standard InChI is InChI=1S/C19H22N2O2/c1-4-21(17-10-5-15(2)6-11-17)20-19(22)14-9-16-7-12-18(23-3)13-8-16/h5-14H,4H2,1-3H3,(H,20,22)/b14-9+. The van der Waals surface area contributed by atoms with Gasteiger partial charge < -0.3 is 4.74 Å². The first-order valence-electron chi connectivity index (χ1n) is 7.59. The topological polar surface area (TPSA) is 41.6 Å². The number of nitrogens with zero attached hydrogens (tertiary/aromatic N) is 1. The number of benzene rings is 2. The highest BCUT2D eigenvalue weighted by Crippen LogP contribution is 2.14. The van der Waals surface area contributed by atoms with E-state index in [1.807, 2.05) is 67.4 Å². The minimum atomic E-state index is -0.164. The summed E-state index contributed by atoms with van der Waals surface area (Å²) in [4.78, 5) is 12.1. The second-order valence-electron chi connectivity index (χ2n) is 5.16. The van der Waals surface area contributed by atoms with Crippen LogP contribution < -0.4 is 15.2 Å². The van der Waals surface area contributed by atoms with Crippen molar-refractivity contribution in [1.82, 2.24) is 5.43 Å². The summed E-state index contributed by atoms with van der Waals surface area (Å²) in [6.07, 6.45) is 3.30. The van der Waals surface area contributed by atoms with Crippen LogP contribution in [-0.2, 0) is 4.79 Å². The van der Waals surface area contributed by atoms with Gasteiger partial charge in [0.1, 0.15) is 5.75 Å². The fourth-order valence-electron chi connectivity index (χ4n) is 2.11. The number of hydrogen-bond donors (Lipinski definition) is 1. The maximum Gasteiger partial charge on any atom is 0.262 e. The zero-order chi connectivity index (χ0) is 16.7. The van der Waals surface area contributed by atoms with Crippen molar-refractivity contribution in [2.24, 2.45) is 0 Å². The third kappa shape index (κ3) is 4.88. The lowest BCUT2D eigenvalue weighted by Gasteiger charge is -2.23. The van der Waals surface area contributed by atoms with Gasteiger partial charge in [-0.1, -0.05) is 29.8 Å². The Balaban J connectivity index is 1.98. The van der Waals surface area contributed by atoms with Crippen molar-refractivity contribution in [3.8, 4) is 5.75 Å². The third-order valence-electron chi connectivity index (χ3n) is 3.45. The zero-order valence-electron chi connectivity index (χ0n) is 13.7. The molecule has 2 aromatic carbocycles. The van der Waals surface area contributed by atoms with Crippen LogP contribution in [0.1, 0.15) is 18.1 Å². The highest BCUT2D eigenvalue weighted by Gasteiger charge is 2.06. The van der Waals surface area contributed by atoms with E-state index in [0.717, 1.165) is 17.0 Å². The first-order valence-corrected chi connectivity index (χ1v) is 7.59. The number of methoxy groups -OCH3 is 1. The molecule has 2 rings (SSSR count). The quantitative estimate of drug-likeness (QED) is 0.655. The minimum Gasteiger partial charge on any atom is -0.497 e. The normalized spacial score (nSPS) is 10.6. The van der Waals surface area contributed by atoms with Crippen LogP contribution in [0.3, 0.4) is 0 Å². The van der Waals surface area contributed by atoms with Crippen LogP contribution in [0.25, 0.3) is 6.08 Å². The molecule has 0 bridgehead atoms. The van der Waals surface area contributed by atoms with Crippen LogP contribution in [0.15, 0.2) is 54.6 Å². The summed E-state index contributed by atoms with van der Waals surface area (Å²) < 4.78 is 5.11. The Bertz CT molecular complexity index is 661. The molecule has 23 heavy (non-hydrogen) atoms. The molecule has 4 nitrogen and oxygen atoms in total. The number of hydrogen-bond acceptors (Lipinski definition) is 3. The minimum absolute atomic E-state index is 0.164. The second-order valence-corrected chi connectivity index (χ2v) is 5.16. The van der Waals surface area contributed by atoms with Gasteiger partial charge in [0.2, 0.25) is 0 Å². The van der Waals surface area contributed by atoms with Crippen molar-refractivity contribution in [3.63, 3.8) is 0 Å². The van der Waals surface area contributed by atoms with Gasteiger partial charge >= 0.3 is 0 Å². The van der Waals surface area contributed by atoms with E-state index in [9.17, 15) is 4.79 Å². The fraction of sp³-hybridized carbons (Fsp3) is 0.211. The van der Waals surface area contributed by atoms with Gasteiger partial charge in [0, 0.05) is 12.6 Å². The van der Waals surface area contributed by atoms with Crippen LogP contribution in [0.4, 0.5) is 5.69 Å². The molecule has 0 saturated heterocycles. The van der Waals surface area contributed by atoms with E-state index in [2.05, 4.69) is 5.43 Å². The highest BCUT2D eigenvalue weighted by molar-refractivity contribution is 5.92. The molecule has 0 aliphatic rings. The molecule has 0 aliphatic carbocycles. The summed E-state index contributed by atoms with van der Waals surface area (Å²) in [6.45, 7) is 4.72. The fourth-order valence-corrected chi connectivity index (χ4v) is 2.11. The number of aryl methyl sites for hydroxylation is 1. The van der Waals surface area contributed by atoms with E-state index in [4.69, 9.17) is 4.74 Å². The van der Waals surface area contributed by atoms with E-state index in [-0.39, 0.29) is 5.91 Å². The lowest BCUT2D eigenvalue weighted by atomic mass is 10.2. The Kier molecular flexibility index (Phi) is 5.80. The van der Waals surface area contributed by atoms with Crippen molar-refractivity contribution in [2.45, 2.75) is 13.8 Å². The van der Waals surface area contributed by atoms with Crippen molar-refractivity contribution in [1.29, 1.82) is 0 Å². The van der Waals surface area contributed by atoms with Crippen molar-refractivity contribution in [3.05, 3.63) is 65.7 Å². The molecule has 0 heterocycles. The van der Waals surface area contributed by atoms with E-state index >= 15 is 0 Å². The van der Waals surface area contributed by atoms with Crippen molar-refractivity contribution < 1.29 is 9.53 Å². The number of amides is 1. The Labute approximate surface area is 137 Å². The molecule has 0 aromatic heterocycles. The lowest BCUT2D eigenvalue weighted by Crippen LogP contribution is -2.41. The van der Waals surface area contributed by atoms with Crippen molar-refractivity contribution >= 4 is 17.7 Å². The number of anilines is 1. The summed E-state index contributed by atoms with van der Waals surface area (Å²) in [7, 11) is 1.63. The first kappa shape index (κ1) is 16.6. The lowest BCUT2D eigenvalue weighted by molar-refractivity contribution is -0.116. The first-order chi connectivity index (χ1) is 11.1. The molecule has 0 fully saturated rings. The number of carbonyl (C=O) groups is 1. The van der Waals surface area contributed by atoms with E-state index in [1.165, 1.54) is 11.6 Å². The number of nitrogens with one attached hydrogen (secondary N) is 1. The molecule has 0 unspecified atom stereocenters. The molecule has 1 N–H and O–H groups in total. The van der Waals surface area contributed by atoms with Crippen molar-refractivity contribution in [2.75, 3.05) is 18.7 Å². The largest absolute Gasteiger partial charge is 0.497 e. The molecule has 1 amide bonds. The summed E-state index contributed by atoms with van der Waals surface area (Å²) >= 11 is 0. The van der Waals surface area contributed by atoms with E-state index in [1.54, 1.807) is 13.2 Å². The number of ether oxygens (including phenoxy) is 1. The second kappa shape index (κ2) is 8.03. The zero-order valence-corrected chi connectivity index (χ0v) is 13.7. The molecule has 2 aromatic rings. The summed E-state index contributed by atoms with van der Waals surface area (Å²) in [5.74, 6) is 0.631. The molecule has 0 spiro atoms. The Morgan fingerprint density at radius 1 is 1.13 bits per heavy atom. The molecular formula is C19H22N2O2. The maximum atomic E-state index is 12.1. The number of hydrazine groups is 1. The third-order valence-corrected chi connectivity index (χ3v) is 3.45. The molecule has 0 saturated carbocycles. The van der Waals surface area contributed by atoms with Gasteiger partial charge in [-0.15, -0.1) is 0 Å². The van der Waals surface area contributed by atoms with Crippen LogP contribution in [0, 0.1) is 6.92 Å². The van der Waals surface area contributed by atoms with Crippen LogP contribution >= 0.6 is 0 Å². The Morgan fingerprint density at radius 3 is 2.35 bits per heavy atom. The van der Waals surface area contributed by atoms with Gasteiger partial charge in [0.25, 0.3) is 5.91 Å². The van der Waals surface area contributed by atoms with Gasteiger partial charge in [0.05, 0.1) is 12.8 Å². The molecule has 4 heteroatoms. The SMILES string of the molecule is CCN(NC(=O)/C=C/c1ccc(OC)cc1)c1ccc(C)cc1. The van der Waals surface area contributed by atoms with Gasteiger partial charge in [0.15, 0.2) is 0 Å². The van der Waals surface area contributed by atoms with Gasteiger partial charge in [-0.2, -0.15) is 0 Å². The predicted molar refractivity (Wildman–Crippen MR) is 94.4 cm³/mol. The molecule has 0 atom stereocenters. The van der Waals surface area contributed by atoms with Gasteiger partial charge in [-0.05, 0) is 49.8 Å². The van der Waals surface area contributed by atoms with Crippen LogP contribution in [0.5, 0.6) is 5.75 Å². The summed E-state index contributed by atoms with van der Waals surface area (Å²) in [5, 5.41) is 1.82. The van der Waals surface area contributed by atoms with Gasteiger partial charge in [-0.3, -0.25) is 15.2 Å². The number of rotatable bonds is 6. The maximum absolute atomic E-state index is 12.1. The molecule has 0 aliphatic heterocycles. The molecule has 120 valence electrons. The van der Waals surface area contributed by atoms with Crippen LogP contribution in [0.2, 0.25) is 0 Å². The molecular weight excluding hydrogens is 288 g/mol. The van der Waals surface area contributed by atoms with E-state index < -0.39 is 0 Å².